The molecule has 1 aromatic carbocycles. The molecule has 0 radical (unpaired) electrons. The lowest BCUT2D eigenvalue weighted by Gasteiger charge is -2.33. The number of nitrogens with zero attached hydrogens (tertiary/aromatic N) is 2. The minimum absolute atomic E-state index is 0.0260. The number of benzene rings is 1. The first kappa shape index (κ1) is 15.0. The first-order valence-electron chi connectivity index (χ1n) is 6.43. The van der Waals surface area contributed by atoms with Crippen molar-refractivity contribution in [3.63, 3.8) is 0 Å². The number of carbonyl (C=O) groups excluding carboxylic acids is 1. The first-order chi connectivity index (χ1) is 9.53. The highest BCUT2D eigenvalue weighted by Crippen LogP contribution is 2.13. The zero-order valence-electron chi connectivity index (χ0n) is 11.1. The van der Waals surface area contributed by atoms with Crippen LogP contribution >= 0.6 is 0 Å². The van der Waals surface area contributed by atoms with Crippen LogP contribution in [0.4, 0.5) is 0 Å². The van der Waals surface area contributed by atoms with Crippen molar-refractivity contribution < 1.29 is 18.3 Å². The fourth-order valence-electron chi connectivity index (χ4n) is 2.19. The van der Waals surface area contributed by atoms with E-state index in [0.717, 1.165) is 5.56 Å². The van der Waals surface area contributed by atoms with Crippen LogP contribution in [0.25, 0.3) is 0 Å². The molecule has 0 aliphatic carbocycles. The Bertz CT molecular complexity index is 551. The van der Waals surface area contributed by atoms with Gasteiger partial charge < -0.3 is 10.0 Å². The molecule has 1 amide bonds. The van der Waals surface area contributed by atoms with E-state index < -0.39 is 16.6 Å². The standard InChI is InChI=1S/C13H18N2O4S/c16-10-13(17)14-6-8-15(9-7-14)20(18,19)11-12-4-2-1-3-5-12/h1-5,16H,6-11H2. The smallest absolute Gasteiger partial charge is 0.248 e. The third kappa shape index (κ3) is 3.56. The minimum atomic E-state index is -3.36. The lowest BCUT2D eigenvalue weighted by atomic mass is 10.2. The fourth-order valence-corrected chi connectivity index (χ4v) is 3.71. The van der Waals surface area contributed by atoms with Gasteiger partial charge in [-0.15, -0.1) is 0 Å². The van der Waals surface area contributed by atoms with Crippen molar-refractivity contribution in [2.24, 2.45) is 0 Å². The molecule has 1 aromatic rings. The van der Waals surface area contributed by atoms with Crippen molar-refractivity contribution in [3.05, 3.63) is 35.9 Å². The molecule has 110 valence electrons. The molecule has 0 atom stereocenters. The van der Waals surface area contributed by atoms with Gasteiger partial charge in [0.1, 0.15) is 6.61 Å². The number of sulfonamides is 1. The zero-order chi connectivity index (χ0) is 14.6. The fraction of sp³-hybridized carbons (Fsp3) is 0.462. The summed E-state index contributed by atoms with van der Waals surface area (Å²) in [7, 11) is -3.36. The molecule has 1 N–H and O–H groups in total. The second-order valence-corrected chi connectivity index (χ2v) is 6.65. The third-order valence-electron chi connectivity index (χ3n) is 3.31. The third-order valence-corrected chi connectivity index (χ3v) is 5.16. The molecule has 1 aliphatic rings. The molecule has 1 heterocycles. The highest BCUT2D eigenvalue weighted by Gasteiger charge is 2.28. The lowest BCUT2D eigenvalue weighted by Crippen LogP contribution is -2.51. The maximum absolute atomic E-state index is 12.3. The maximum atomic E-state index is 12.3. The normalized spacial score (nSPS) is 17.1. The summed E-state index contributed by atoms with van der Waals surface area (Å²) in [5.74, 6) is -0.382. The number of aliphatic hydroxyl groups excluding tert-OH is 1. The Labute approximate surface area is 118 Å². The average Bonchev–Trinajstić information content (AvgIpc) is 2.47. The summed E-state index contributed by atoms with van der Waals surface area (Å²) >= 11 is 0. The van der Waals surface area contributed by atoms with Gasteiger partial charge in [-0.3, -0.25) is 4.79 Å². The Morgan fingerprint density at radius 2 is 1.70 bits per heavy atom. The molecular formula is C13H18N2O4S. The highest BCUT2D eigenvalue weighted by molar-refractivity contribution is 7.88. The largest absolute Gasteiger partial charge is 0.387 e. The SMILES string of the molecule is O=C(CO)N1CCN(S(=O)(=O)Cc2ccccc2)CC1. The van der Waals surface area contributed by atoms with Gasteiger partial charge in [-0.2, -0.15) is 4.31 Å². The minimum Gasteiger partial charge on any atom is -0.387 e. The molecule has 0 spiro atoms. The molecule has 1 aliphatic heterocycles. The topological polar surface area (TPSA) is 77.9 Å². The van der Waals surface area contributed by atoms with Crippen LogP contribution in [0.15, 0.2) is 30.3 Å². The number of rotatable bonds is 4. The van der Waals surface area contributed by atoms with E-state index in [9.17, 15) is 13.2 Å². The summed E-state index contributed by atoms with van der Waals surface area (Å²) in [5, 5.41) is 8.78. The first-order valence-corrected chi connectivity index (χ1v) is 8.04. The van der Waals surface area contributed by atoms with E-state index in [1.807, 2.05) is 18.2 Å². The predicted molar refractivity (Wildman–Crippen MR) is 74.3 cm³/mol. The van der Waals surface area contributed by atoms with E-state index in [0.29, 0.717) is 13.1 Å². The molecule has 20 heavy (non-hydrogen) atoms. The summed E-state index contributed by atoms with van der Waals surface area (Å²) < 4.78 is 26.0. The van der Waals surface area contributed by atoms with E-state index >= 15 is 0 Å². The molecule has 2 rings (SSSR count). The van der Waals surface area contributed by atoms with Gasteiger partial charge in [0, 0.05) is 26.2 Å². The van der Waals surface area contributed by atoms with Gasteiger partial charge in [-0.05, 0) is 5.56 Å². The number of carbonyl (C=O) groups is 1. The van der Waals surface area contributed by atoms with Gasteiger partial charge in [-0.1, -0.05) is 30.3 Å². The molecule has 6 nitrogen and oxygen atoms in total. The molecule has 0 unspecified atom stereocenters. The molecule has 1 saturated heterocycles. The van der Waals surface area contributed by atoms with Crippen LogP contribution in [0.3, 0.4) is 0 Å². The van der Waals surface area contributed by atoms with Crippen LogP contribution < -0.4 is 0 Å². The number of amides is 1. The molecule has 0 bridgehead atoms. The van der Waals surface area contributed by atoms with E-state index in [1.54, 1.807) is 12.1 Å². The Morgan fingerprint density at radius 1 is 1.10 bits per heavy atom. The average molecular weight is 298 g/mol. The Kier molecular flexibility index (Phi) is 4.74. The molecule has 0 saturated carbocycles. The summed E-state index contributed by atoms with van der Waals surface area (Å²) in [6.07, 6.45) is 0. The van der Waals surface area contributed by atoms with Crippen LogP contribution in [0.2, 0.25) is 0 Å². The summed E-state index contributed by atoms with van der Waals surface area (Å²) in [6.45, 7) is 0.680. The monoisotopic (exact) mass is 298 g/mol. The highest BCUT2D eigenvalue weighted by atomic mass is 32.2. The van der Waals surface area contributed by atoms with Gasteiger partial charge in [0.05, 0.1) is 5.75 Å². The van der Waals surface area contributed by atoms with Gasteiger partial charge in [0.2, 0.25) is 15.9 Å². The Morgan fingerprint density at radius 3 is 2.25 bits per heavy atom. The van der Waals surface area contributed by atoms with Gasteiger partial charge >= 0.3 is 0 Å². The molecule has 1 fully saturated rings. The van der Waals surface area contributed by atoms with Crippen LogP contribution in [0.5, 0.6) is 0 Å². The zero-order valence-corrected chi connectivity index (χ0v) is 11.9. The summed E-state index contributed by atoms with van der Waals surface area (Å²) in [4.78, 5) is 12.8. The molecule has 7 heteroatoms. The quantitative estimate of drug-likeness (QED) is 0.824. The number of hydrogen-bond acceptors (Lipinski definition) is 4. The number of aliphatic hydroxyl groups is 1. The van der Waals surface area contributed by atoms with Crippen LogP contribution in [0.1, 0.15) is 5.56 Å². The van der Waals surface area contributed by atoms with E-state index in [4.69, 9.17) is 5.11 Å². The molecule has 0 aromatic heterocycles. The van der Waals surface area contributed by atoms with Crippen LogP contribution in [-0.4, -0.2) is 61.4 Å². The second-order valence-electron chi connectivity index (χ2n) is 4.68. The van der Waals surface area contributed by atoms with Crippen molar-refractivity contribution in [3.8, 4) is 0 Å². The number of hydrogen-bond donors (Lipinski definition) is 1. The lowest BCUT2D eigenvalue weighted by molar-refractivity contribution is -0.135. The van der Waals surface area contributed by atoms with Crippen molar-refractivity contribution in [2.75, 3.05) is 32.8 Å². The van der Waals surface area contributed by atoms with E-state index in [1.165, 1.54) is 9.21 Å². The van der Waals surface area contributed by atoms with Gasteiger partial charge in [0.25, 0.3) is 0 Å². The van der Waals surface area contributed by atoms with Crippen molar-refractivity contribution >= 4 is 15.9 Å². The van der Waals surface area contributed by atoms with Crippen molar-refractivity contribution in [1.82, 2.24) is 9.21 Å². The van der Waals surface area contributed by atoms with Crippen LogP contribution in [-0.2, 0) is 20.6 Å². The van der Waals surface area contributed by atoms with Crippen LogP contribution in [0, 0.1) is 0 Å². The van der Waals surface area contributed by atoms with E-state index in [-0.39, 0.29) is 24.7 Å². The second kappa shape index (κ2) is 6.34. The van der Waals surface area contributed by atoms with Crippen molar-refractivity contribution in [2.45, 2.75) is 5.75 Å². The van der Waals surface area contributed by atoms with E-state index in [2.05, 4.69) is 0 Å². The molecular weight excluding hydrogens is 280 g/mol. The predicted octanol–water partition coefficient (Wildman–Crippen LogP) is -0.347. The van der Waals surface area contributed by atoms with Gasteiger partial charge in [0.15, 0.2) is 0 Å². The Hall–Kier alpha value is -1.44. The number of piperazine rings is 1. The summed E-state index contributed by atoms with van der Waals surface area (Å²) in [5.41, 5.74) is 0.751. The van der Waals surface area contributed by atoms with Crippen molar-refractivity contribution in [1.29, 1.82) is 0 Å². The maximum Gasteiger partial charge on any atom is 0.248 e. The van der Waals surface area contributed by atoms with Gasteiger partial charge in [-0.25, -0.2) is 8.42 Å². The summed E-state index contributed by atoms with van der Waals surface area (Å²) in [6, 6.07) is 9.02. The Balaban J connectivity index is 1.97.